The van der Waals surface area contributed by atoms with Gasteiger partial charge in [-0.25, -0.2) is 0 Å². The van der Waals surface area contributed by atoms with Crippen molar-refractivity contribution in [3.63, 3.8) is 0 Å². The second-order valence-electron chi connectivity index (χ2n) is 4.71. The maximum Gasteiger partial charge on any atom is 0.161 e. The van der Waals surface area contributed by atoms with E-state index in [1.54, 1.807) is 18.2 Å². The molecule has 0 bridgehead atoms. The monoisotopic (exact) mass is 264 g/mol. The highest BCUT2D eigenvalue weighted by atomic mass is 16.6. The molecule has 1 saturated heterocycles. The van der Waals surface area contributed by atoms with E-state index in [0.717, 1.165) is 19.1 Å². The Morgan fingerprint density at radius 3 is 2.79 bits per heavy atom. The molecule has 0 aliphatic carbocycles. The van der Waals surface area contributed by atoms with Gasteiger partial charge in [-0.2, -0.15) is 0 Å². The van der Waals surface area contributed by atoms with Gasteiger partial charge in [0.05, 0.1) is 18.8 Å². The minimum Gasteiger partial charge on any atom is -0.490 e. The lowest BCUT2D eigenvalue weighted by atomic mass is 10.2. The van der Waals surface area contributed by atoms with Crippen molar-refractivity contribution < 1.29 is 19.0 Å². The second kappa shape index (κ2) is 6.57. The van der Waals surface area contributed by atoms with Crippen LogP contribution in [0, 0.1) is 0 Å². The third kappa shape index (κ3) is 3.70. The van der Waals surface area contributed by atoms with Gasteiger partial charge < -0.3 is 14.2 Å². The van der Waals surface area contributed by atoms with Crippen LogP contribution in [0.15, 0.2) is 18.2 Å². The Kier molecular flexibility index (Phi) is 4.80. The molecule has 1 aliphatic heterocycles. The number of aldehydes is 1. The van der Waals surface area contributed by atoms with Crippen molar-refractivity contribution in [1.29, 1.82) is 0 Å². The summed E-state index contributed by atoms with van der Waals surface area (Å²) in [6, 6.07) is 5.19. The molecular formula is C15H20O4. The van der Waals surface area contributed by atoms with Crippen LogP contribution >= 0.6 is 0 Å². The van der Waals surface area contributed by atoms with Gasteiger partial charge in [0.25, 0.3) is 0 Å². The van der Waals surface area contributed by atoms with Gasteiger partial charge in [-0.05, 0) is 44.9 Å². The maximum absolute atomic E-state index is 10.8. The average molecular weight is 264 g/mol. The first-order chi connectivity index (χ1) is 9.22. The molecule has 4 heteroatoms. The maximum atomic E-state index is 10.8. The van der Waals surface area contributed by atoms with Gasteiger partial charge >= 0.3 is 0 Å². The fourth-order valence-electron chi connectivity index (χ4n) is 2.18. The summed E-state index contributed by atoms with van der Waals surface area (Å²) < 4.78 is 17.0. The summed E-state index contributed by atoms with van der Waals surface area (Å²) in [5.41, 5.74) is 0.585. The SMILES string of the molecule is CCOc1cc(C=O)ccc1OCC1CCC(C)O1. The Balaban J connectivity index is 2.00. The summed E-state index contributed by atoms with van der Waals surface area (Å²) in [7, 11) is 0. The van der Waals surface area contributed by atoms with Crippen molar-refractivity contribution in [3.8, 4) is 11.5 Å². The van der Waals surface area contributed by atoms with E-state index in [-0.39, 0.29) is 6.10 Å². The molecule has 1 aliphatic rings. The Morgan fingerprint density at radius 2 is 2.16 bits per heavy atom. The van der Waals surface area contributed by atoms with Crippen LogP contribution in [0.5, 0.6) is 11.5 Å². The standard InChI is InChI=1S/C15H20O4/c1-3-17-15-8-12(9-16)5-7-14(15)18-10-13-6-4-11(2)19-13/h5,7-9,11,13H,3-4,6,10H2,1-2H3. The Labute approximate surface area is 113 Å². The van der Waals surface area contributed by atoms with E-state index in [0.29, 0.717) is 36.4 Å². The summed E-state index contributed by atoms with van der Waals surface area (Å²) in [6.07, 6.45) is 3.37. The van der Waals surface area contributed by atoms with Gasteiger partial charge in [0.15, 0.2) is 11.5 Å². The highest BCUT2D eigenvalue weighted by molar-refractivity contribution is 5.76. The molecule has 104 valence electrons. The van der Waals surface area contributed by atoms with E-state index >= 15 is 0 Å². The minimum atomic E-state index is 0.148. The largest absolute Gasteiger partial charge is 0.490 e. The summed E-state index contributed by atoms with van der Waals surface area (Å²) in [5.74, 6) is 1.27. The first kappa shape index (κ1) is 13.9. The molecule has 4 nitrogen and oxygen atoms in total. The summed E-state index contributed by atoms with van der Waals surface area (Å²) >= 11 is 0. The zero-order valence-electron chi connectivity index (χ0n) is 11.4. The molecule has 1 fully saturated rings. The third-order valence-electron chi connectivity index (χ3n) is 3.15. The van der Waals surface area contributed by atoms with Gasteiger partial charge in [0.1, 0.15) is 12.9 Å². The molecular weight excluding hydrogens is 244 g/mol. The molecule has 1 aromatic rings. The fourth-order valence-corrected chi connectivity index (χ4v) is 2.18. The zero-order valence-corrected chi connectivity index (χ0v) is 11.4. The molecule has 2 unspecified atom stereocenters. The topological polar surface area (TPSA) is 44.8 Å². The van der Waals surface area contributed by atoms with Crippen LogP contribution in [0.2, 0.25) is 0 Å². The highest BCUT2D eigenvalue weighted by Gasteiger charge is 2.22. The summed E-state index contributed by atoms with van der Waals surface area (Å²) in [5, 5.41) is 0. The Hall–Kier alpha value is -1.55. The van der Waals surface area contributed by atoms with Gasteiger partial charge in [0.2, 0.25) is 0 Å². The molecule has 0 N–H and O–H groups in total. The van der Waals surface area contributed by atoms with Crippen molar-refractivity contribution in [2.45, 2.75) is 38.9 Å². The summed E-state index contributed by atoms with van der Waals surface area (Å²) in [6.45, 7) is 5.03. The number of benzene rings is 1. The quantitative estimate of drug-likeness (QED) is 0.741. The van der Waals surface area contributed by atoms with E-state index < -0.39 is 0 Å². The van der Waals surface area contributed by atoms with Crippen LogP contribution in [0.3, 0.4) is 0 Å². The molecule has 1 aromatic carbocycles. The van der Waals surface area contributed by atoms with Crippen molar-refractivity contribution in [1.82, 2.24) is 0 Å². The summed E-state index contributed by atoms with van der Waals surface area (Å²) in [4.78, 5) is 10.8. The van der Waals surface area contributed by atoms with Crippen molar-refractivity contribution in [3.05, 3.63) is 23.8 Å². The van der Waals surface area contributed by atoms with Crippen molar-refractivity contribution >= 4 is 6.29 Å². The zero-order chi connectivity index (χ0) is 13.7. The number of hydrogen-bond acceptors (Lipinski definition) is 4. The van der Waals surface area contributed by atoms with Crippen molar-refractivity contribution in [2.24, 2.45) is 0 Å². The van der Waals surface area contributed by atoms with Crippen LogP contribution in [0.4, 0.5) is 0 Å². The molecule has 2 atom stereocenters. The molecule has 0 spiro atoms. The van der Waals surface area contributed by atoms with Gasteiger partial charge in [0, 0.05) is 5.56 Å². The average Bonchev–Trinajstić information content (AvgIpc) is 2.83. The molecule has 0 amide bonds. The van der Waals surface area contributed by atoms with Crippen LogP contribution in [-0.2, 0) is 4.74 Å². The number of rotatable bonds is 6. The van der Waals surface area contributed by atoms with Crippen molar-refractivity contribution in [2.75, 3.05) is 13.2 Å². The Bertz CT molecular complexity index is 430. The molecule has 1 heterocycles. The number of carbonyl (C=O) groups excluding carboxylic acids is 1. The van der Waals surface area contributed by atoms with Crippen LogP contribution in [-0.4, -0.2) is 31.7 Å². The number of hydrogen-bond donors (Lipinski definition) is 0. The van der Waals surface area contributed by atoms with E-state index in [4.69, 9.17) is 14.2 Å². The van der Waals surface area contributed by atoms with Gasteiger partial charge in [-0.15, -0.1) is 0 Å². The molecule has 19 heavy (non-hydrogen) atoms. The van der Waals surface area contributed by atoms with Gasteiger partial charge in [-0.3, -0.25) is 4.79 Å². The third-order valence-corrected chi connectivity index (χ3v) is 3.15. The number of carbonyl (C=O) groups is 1. The second-order valence-corrected chi connectivity index (χ2v) is 4.71. The fraction of sp³-hybridized carbons (Fsp3) is 0.533. The smallest absolute Gasteiger partial charge is 0.161 e. The van der Waals surface area contributed by atoms with E-state index in [2.05, 4.69) is 6.92 Å². The molecule has 0 radical (unpaired) electrons. The van der Waals surface area contributed by atoms with Crippen LogP contribution in [0.1, 0.15) is 37.0 Å². The van der Waals surface area contributed by atoms with Crippen LogP contribution < -0.4 is 9.47 Å². The van der Waals surface area contributed by atoms with Gasteiger partial charge in [-0.1, -0.05) is 0 Å². The predicted molar refractivity (Wildman–Crippen MR) is 72.1 cm³/mol. The Morgan fingerprint density at radius 1 is 1.32 bits per heavy atom. The highest BCUT2D eigenvalue weighted by Crippen LogP contribution is 2.29. The molecule has 0 saturated carbocycles. The first-order valence-corrected chi connectivity index (χ1v) is 6.73. The lowest BCUT2D eigenvalue weighted by molar-refractivity contribution is 0.0258. The minimum absolute atomic E-state index is 0.148. The predicted octanol–water partition coefficient (Wildman–Crippen LogP) is 2.84. The normalized spacial score (nSPS) is 22.2. The van der Waals surface area contributed by atoms with E-state index in [1.807, 2.05) is 6.92 Å². The van der Waals surface area contributed by atoms with E-state index in [9.17, 15) is 4.79 Å². The lowest BCUT2D eigenvalue weighted by Crippen LogP contribution is -2.18. The lowest BCUT2D eigenvalue weighted by Gasteiger charge is -2.15. The first-order valence-electron chi connectivity index (χ1n) is 6.73. The molecule has 2 rings (SSSR count). The molecule has 0 aromatic heterocycles. The van der Waals surface area contributed by atoms with Crippen LogP contribution in [0.25, 0.3) is 0 Å². The van der Waals surface area contributed by atoms with E-state index in [1.165, 1.54) is 0 Å². The number of ether oxygens (including phenoxy) is 3.